The lowest BCUT2D eigenvalue weighted by Gasteiger charge is -2.19. The second-order valence-corrected chi connectivity index (χ2v) is 7.08. The summed E-state index contributed by atoms with van der Waals surface area (Å²) in [6.45, 7) is -0.126. The first-order valence-corrected chi connectivity index (χ1v) is 9.96. The molecule has 156 valence electrons. The molecule has 7 nitrogen and oxygen atoms in total. The van der Waals surface area contributed by atoms with Crippen molar-refractivity contribution in [3.63, 3.8) is 0 Å². The zero-order valence-corrected chi connectivity index (χ0v) is 16.6. The molecular formula is C23H24N2O5. The Balaban J connectivity index is 1.56. The average molecular weight is 408 g/mol. The molecule has 30 heavy (non-hydrogen) atoms. The van der Waals surface area contributed by atoms with Crippen LogP contribution in [-0.4, -0.2) is 48.2 Å². The van der Waals surface area contributed by atoms with E-state index in [1.807, 2.05) is 6.07 Å². The molecule has 0 aliphatic carbocycles. The number of anilines is 1. The number of rotatable bonds is 7. The molecule has 0 spiro atoms. The number of ketones is 1. The van der Waals surface area contributed by atoms with Crippen LogP contribution in [-0.2, 0) is 19.1 Å². The molecule has 0 saturated carbocycles. The van der Waals surface area contributed by atoms with Crippen molar-refractivity contribution in [3.05, 3.63) is 65.7 Å². The van der Waals surface area contributed by atoms with Crippen LogP contribution in [0, 0.1) is 0 Å². The maximum atomic E-state index is 12.7. The van der Waals surface area contributed by atoms with E-state index in [0.29, 0.717) is 29.8 Å². The Morgan fingerprint density at radius 3 is 2.47 bits per heavy atom. The number of benzene rings is 2. The molecule has 1 heterocycles. The first-order chi connectivity index (χ1) is 14.5. The number of nitrogens with zero attached hydrogens (tertiary/aromatic N) is 1. The van der Waals surface area contributed by atoms with E-state index in [-0.39, 0.29) is 18.2 Å². The Hall–Kier alpha value is -3.48. The lowest BCUT2D eigenvalue weighted by atomic mass is 10.0. The minimum Gasteiger partial charge on any atom is -0.454 e. The Bertz CT molecular complexity index is 926. The number of amides is 2. The molecule has 0 radical (unpaired) electrons. The fraction of sp³-hybridized carbons (Fsp3) is 0.304. The van der Waals surface area contributed by atoms with Gasteiger partial charge in [0.15, 0.2) is 12.4 Å². The van der Waals surface area contributed by atoms with Gasteiger partial charge in [-0.1, -0.05) is 48.9 Å². The summed E-state index contributed by atoms with van der Waals surface area (Å²) in [5, 5.41) is 2.62. The first kappa shape index (κ1) is 21.2. The quantitative estimate of drug-likeness (QED) is 0.562. The van der Waals surface area contributed by atoms with E-state index < -0.39 is 18.5 Å². The fourth-order valence-electron chi connectivity index (χ4n) is 3.27. The molecule has 1 fully saturated rings. The summed E-state index contributed by atoms with van der Waals surface area (Å²) < 4.78 is 5.02. The summed E-state index contributed by atoms with van der Waals surface area (Å²) in [6.07, 6.45) is 3.07. The van der Waals surface area contributed by atoms with Crippen LogP contribution < -0.4 is 5.32 Å². The van der Waals surface area contributed by atoms with E-state index in [1.54, 1.807) is 48.5 Å². The second-order valence-electron chi connectivity index (χ2n) is 7.08. The van der Waals surface area contributed by atoms with Crippen molar-refractivity contribution >= 4 is 29.3 Å². The Labute approximate surface area is 175 Å². The van der Waals surface area contributed by atoms with Gasteiger partial charge in [0.25, 0.3) is 5.91 Å². The molecule has 0 atom stereocenters. The molecule has 2 aromatic carbocycles. The minimum atomic E-state index is -0.631. The van der Waals surface area contributed by atoms with E-state index in [9.17, 15) is 19.2 Å². The highest BCUT2D eigenvalue weighted by atomic mass is 16.5. The maximum Gasteiger partial charge on any atom is 0.326 e. The van der Waals surface area contributed by atoms with Gasteiger partial charge in [0, 0.05) is 24.1 Å². The SMILES string of the molecule is O=C(COC(=O)CN1CCCCCC1=O)Nc1ccccc1C(=O)c1ccccc1. The zero-order valence-electron chi connectivity index (χ0n) is 16.6. The third kappa shape index (κ3) is 5.76. The Morgan fingerprint density at radius 1 is 0.933 bits per heavy atom. The van der Waals surface area contributed by atoms with Crippen molar-refractivity contribution < 1.29 is 23.9 Å². The number of likely N-dealkylation sites (tertiary alicyclic amines) is 1. The summed E-state index contributed by atoms with van der Waals surface area (Å²) in [5.74, 6) is -1.47. The molecule has 1 aliphatic heterocycles. The van der Waals surface area contributed by atoms with Gasteiger partial charge in [0.05, 0.1) is 5.69 Å². The van der Waals surface area contributed by atoms with Crippen LogP contribution in [0.15, 0.2) is 54.6 Å². The predicted octanol–water partition coefficient (Wildman–Crippen LogP) is 2.80. The van der Waals surface area contributed by atoms with Crippen molar-refractivity contribution in [2.75, 3.05) is 25.0 Å². The van der Waals surface area contributed by atoms with Crippen LogP contribution in [0.5, 0.6) is 0 Å². The van der Waals surface area contributed by atoms with Gasteiger partial charge >= 0.3 is 5.97 Å². The average Bonchev–Trinajstić information content (AvgIpc) is 2.97. The van der Waals surface area contributed by atoms with Crippen LogP contribution in [0.4, 0.5) is 5.69 Å². The number of hydrogen-bond donors (Lipinski definition) is 1. The fourth-order valence-corrected chi connectivity index (χ4v) is 3.27. The molecule has 0 bridgehead atoms. The molecule has 2 amide bonds. The van der Waals surface area contributed by atoms with Gasteiger partial charge < -0.3 is 15.0 Å². The number of nitrogens with one attached hydrogen (secondary N) is 1. The molecule has 0 unspecified atom stereocenters. The van der Waals surface area contributed by atoms with Gasteiger partial charge in [0.2, 0.25) is 5.91 Å². The first-order valence-electron chi connectivity index (χ1n) is 9.96. The van der Waals surface area contributed by atoms with Gasteiger partial charge in [-0.2, -0.15) is 0 Å². The van der Waals surface area contributed by atoms with E-state index in [0.717, 1.165) is 19.3 Å². The van der Waals surface area contributed by atoms with Gasteiger partial charge in [-0.3, -0.25) is 19.2 Å². The monoisotopic (exact) mass is 408 g/mol. The Morgan fingerprint density at radius 2 is 1.67 bits per heavy atom. The van der Waals surface area contributed by atoms with E-state index in [1.165, 1.54) is 4.90 Å². The molecular weight excluding hydrogens is 384 g/mol. The number of para-hydroxylation sites is 1. The summed E-state index contributed by atoms with van der Waals surface area (Å²) >= 11 is 0. The molecule has 7 heteroatoms. The summed E-state index contributed by atoms with van der Waals surface area (Å²) in [5.41, 5.74) is 1.20. The molecule has 0 aromatic heterocycles. The maximum absolute atomic E-state index is 12.7. The van der Waals surface area contributed by atoms with Crippen molar-refractivity contribution in [1.29, 1.82) is 0 Å². The number of ether oxygens (including phenoxy) is 1. The predicted molar refractivity (Wildman–Crippen MR) is 111 cm³/mol. The van der Waals surface area contributed by atoms with Crippen molar-refractivity contribution in [3.8, 4) is 0 Å². The highest BCUT2D eigenvalue weighted by molar-refractivity contribution is 6.13. The summed E-state index contributed by atoms with van der Waals surface area (Å²) in [4.78, 5) is 50.4. The van der Waals surface area contributed by atoms with Gasteiger partial charge in [-0.15, -0.1) is 0 Å². The third-order valence-electron chi connectivity index (χ3n) is 4.84. The molecule has 2 aromatic rings. The number of hydrogen-bond acceptors (Lipinski definition) is 5. The van der Waals surface area contributed by atoms with Crippen molar-refractivity contribution in [2.24, 2.45) is 0 Å². The van der Waals surface area contributed by atoms with Crippen LogP contribution in [0.1, 0.15) is 41.6 Å². The lowest BCUT2D eigenvalue weighted by Crippen LogP contribution is -2.36. The lowest BCUT2D eigenvalue weighted by molar-refractivity contribution is -0.151. The van der Waals surface area contributed by atoms with Gasteiger partial charge in [-0.05, 0) is 25.0 Å². The number of carbonyl (C=O) groups is 4. The van der Waals surface area contributed by atoms with Gasteiger partial charge in [0.1, 0.15) is 6.54 Å². The van der Waals surface area contributed by atoms with E-state index in [4.69, 9.17) is 4.74 Å². The second kappa shape index (κ2) is 10.3. The summed E-state index contributed by atoms with van der Waals surface area (Å²) in [6, 6.07) is 15.4. The van der Waals surface area contributed by atoms with Gasteiger partial charge in [-0.25, -0.2) is 0 Å². The zero-order chi connectivity index (χ0) is 21.3. The van der Waals surface area contributed by atoms with E-state index in [2.05, 4.69) is 5.32 Å². The number of carbonyl (C=O) groups excluding carboxylic acids is 4. The van der Waals surface area contributed by atoms with Crippen molar-refractivity contribution in [2.45, 2.75) is 25.7 Å². The van der Waals surface area contributed by atoms with Crippen LogP contribution in [0.3, 0.4) is 0 Å². The molecule has 1 saturated heterocycles. The molecule has 1 N–H and O–H groups in total. The van der Waals surface area contributed by atoms with Crippen LogP contribution in [0.25, 0.3) is 0 Å². The topological polar surface area (TPSA) is 92.8 Å². The molecule has 1 aliphatic rings. The highest BCUT2D eigenvalue weighted by Crippen LogP contribution is 2.19. The van der Waals surface area contributed by atoms with Crippen LogP contribution in [0.2, 0.25) is 0 Å². The van der Waals surface area contributed by atoms with Crippen molar-refractivity contribution in [1.82, 2.24) is 4.90 Å². The molecule has 3 rings (SSSR count). The largest absolute Gasteiger partial charge is 0.454 e. The van der Waals surface area contributed by atoms with E-state index >= 15 is 0 Å². The Kier molecular flexibility index (Phi) is 7.32. The standard InChI is InChI=1S/C23H24N2O5/c26-20(16-30-22(28)15-25-14-8-2-5-13-21(25)27)24-19-12-7-6-11-18(19)23(29)17-9-3-1-4-10-17/h1,3-4,6-7,9-12H,2,5,8,13-16H2,(H,24,26). The minimum absolute atomic E-state index is 0.0674. The normalized spacial score (nSPS) is 14.0. The summed E-state index contributed by atoms with van der Waals surface area (Å²) in [7, 11) is 0. The number of esters is 1. The third-order valence-corrected chi connectivity index (χ3v) is 4.84. The smallest absolute Gasteiger partial charge is 0.326 e. The van der Waals surface area contributed by atoms with Crippen LogP contribution >= 0.6 is 0 Å². The highest BCUT2D eigenvalue weighted by Gasteiger charge is 2.21.